The first-order chi connectivity index (χ1) is 17.2. The van der Waals surface area contributed by atoms with E-state index in [0.717, 1.165) is 27.6 Å². The van der Waals surface area contributed by atoms with Crippen molar-refractivity contribution in [3.63, 3.8) is 0 Å². The van der Waals surface area contributed by atoms with Gasteiger partial charge in [0.2, 0.25) is 10.0 Å². The fraction of sp³-hybridized carbons (Fsp3) is 0.214. The number of esters is 1. The molecule has 36 heavy (non-hydrogen) atoms. The molecular weight excluding hydrogens is 478 g/mol. The molecule has 0 aliphatic carbocycles. The maximum atomic E-state index is 13.4. The monoisotopic (exact) mass is 505 g/mol. The molecule has 1 aromatic heterocycles. The molecule has 1 heterocycles. The number of carbonyl (C=O) groups excluding carboxylic acids is 1. The zero-order chi connectivity index (χ0) is 25.9. The van der Waals surface area contributed by atoms with Gasteiger partial charge in [0.25, 0.3) is 0 Å². The molecular formula is C28H27NO6S. The summed E-state index contributed by atoms with van der Waals surface area (Å²) in [5.74, 6) is -0.546. The van der Waals surface area contributed by atoms with E-state index in [4.69, 9.17) is 9.15 Å². The standard InChI is InChI=1S/C28H27NO6S/c1-4-21-16-23-19(3)14-27(30)34-26(23)17-25(21)35-28(31)24(15-20-8-6-5-7-9-20)29-36(32,33)22-12-10-18(2)11-13-22/h5-14,16-17,24,29H,4,15H2,1-3H3/t24-/m1/s1. The summed E-state index contributed by atoms with van der Waals surface area (Å²) in [6, 6.07) is 19.0. The molecule has 0 radical (unpaired) electrons. The van der Waals surface area contributed by atoms with E-state index in [1.807, 2.05) is 50.2 Å². The van der Waals surface area contributed by atoms with Crippen LogP contribution in [0.15, 0.2) is 86.9 Å². The summed E-state index contributed by atoms with van der Waals surface area (Å²) in [5, 5.41) is 0.743. The lowest BCUT2D eigenvalue weighted by Crippen LogP contribution is -2.44. The molecule has 4 aromatic rings. The Morgan fingerprint density at radius 3 is 2.36 bits per heavy atom. The highest BCUT2D eigenvalue weighted by atomic mass is 32.2. The lowest BCUT2D eigenvalue weighted by molar-refractivity contribution is -0.136. The van der Waals surface area contributed by atoms with Gasteiger partial charge in [-0.1, -0.05) is 55.0 Å². The van der Waals surface area contributed by atoms with Crippen LogP contribution in [0.4, 0.5) is 0 Å². The molecule has 186 valence electrons. The molecule has 0 fully saturated rings. The van der Waals surface area contributed by atoms with Gasteiger partial charge >= 0.3 is 11.6 Å². The molecule has 0 unspecified atom stereocenters. The number of carbonyl (C=O) groups is 1. The van der Waals surface area contributed by atoms with Gasteiger partial charge in [0.1, 0.15) is 17.4 Å². The molecule has 0 amide bonds. The van der Waals surface area contributed by atoms with Gasteiger partial charge in [-0.05, 0) is 61.6 Å². The Kier molecular flexibility index (Phi) is 7.37. The summed E-state index contributed by atoms with van der Waals surface area (Å²) in [6.07, 6.45) is 0.642. The van der Waals surface area contributed by atoms with Crippen molar-refractivity contribution in [2.75, 3.05) is 0 Å². The third kappa shape index (κ3) is 5.72. The minimum Gasteiger partial charge on any atom is -0.425 e. The van der Waals surface area contributed by atoms with Gasteiger partial charge in [0.15, 0.2) is 0 Å². The highest BCUT2D eigenvalue weighted by Gasteiger charge is 2.28. The van der Waals surface area contributed by atoms with E-state index < -0.39 is 27.7 Å². The Morgan fingerprint density at radius 2 is 1.69 bits per heavy atom. The van der Waals surface area contributed by atoms with Gasteiger partial charge in [-0.2, -0.15) is 4.72 Å². The van der Waals surface area contributed by atoms with Crippen LogP contribution in [0.1, 0.15) is 29.2 Å². The second kappa shape index (κ2) is 10.5. The van der Waals surface area contributed by atoms with Crippen LogP contribution >= 0.6 is 0 Å². The van der Waals surface area contributed by atoms with Crippen LogP contribution in [0.25, 0.3) is 11.0 Å². The summed E-state index contributed by atoms with van der Waals surface area (Å²) in [7, 11) is -4.01. The number of rotatable bonds is 8. The van der Waals surface area contributed by atoms with Gasteiger partial charge in [-0.15, -0.1) is 0 Å². The lowest BCUT2D eigenvalue weighted by atomic mass is 10.0. The summed E-state index contributed by atoms with van der Waals surface area (Å²) >= 11 is 0. The number of benzene rings is 3. The highest BCUT2D eigenvalue weighted by molar-refractivity contribution is 7.89. The van der Waals surface area contributed by atoms with E-state index in [1.54, 1.807) is 19.1 Å². The Morgan fingerprint density at radius 1 is 1.00 bits per heavy atom. The second-order valence-electron chi connectivity index (χ2n) is 8.66. The van der Waals surface area contributed by atoms with Crippen LogP contribution in [0.2, 0.25) is 0 Å². The molecule has 0 aliphatic rings. The molecule has 0 spiro atoms. The number of hydrogen-bond donors (Lipinski definition) is 1. The van der Waals surface area contributed by atoms with E-state index in [2.05, 4.69) is 4.72 Å². The maximum Gasteiger partial charge on any atom is 0.336 e. The number of sulfonamides is 1. The first-order valence-electron chi connectivity index (χ1n) is 11.6. The number of fused-ring (bicyclic) bond motifs is 1. The Balaban J connectivity index is 1.69. The van der Waals surface area contributed by atoms with Crippen molar-refractivity contribution in [1.82, 2.24) is 4.72 Å². The predicted octanol–water partition coefficient (Wildman–Crippen LogP) is 4.47. The molecule has 0 saturated heterocycles. The highest BCUT2D eigenvalue weighted by Crippen LogP contribution is 2.28. The summed E-state index contributed by atoms with van der Waals surface area (Å²) < 4.78 is 39.8. The van der Waals surface area contributed by atoms with Crippen LogP contribution in [0.3, 0.4) is 0 Å². The normalized spacial score (nSPS) is 12.4. The van der Waals surface area contributed by atoms with Crippen molar-refractivity contribution in [2.24, 2.45) is 0 Å². The van der Waals surface area contributed by atoms with Gasteiger partial charge in [0.05, 0.1) is 4.90 Å². The van der Waals surface area contributed by atoms with Crippen LogP contribution < -0.4 is 15.1 Å². The third-order valence-corrected chi connectivity index (χ3v) is 7.41. The van der Waals surface area contributed by atoms with Crippen LogP contribution in [0.5, 0.6) is 5.75 Å². The maximum absolute atomic E-state index is 13.4. The zero-order valence-corrected chi connectivity index (χ0v) is 21.1. The van der Waals surface area contributed by atoms with Gasteiger partial charge < -0.3 is 9.15 Å². The van der Waals surface area contributed by atoms with Crippen molar-refractivity contribution in [3.05, 3.63) is 105 Å². The van der Waals surface area contributed by atoms with Crippen LogP contribution in [-0.2, 0) is 27.7 Å². The quantitative estimate of drug-likeness (QED) is 0.215. The third-order valence-electron chi connectivity index (χ3n) is 5.92. The van der Waals surface area contributed by atoms with Crippen molar-refractivity contribution < 1.29 is 22.4 Å². The minimum atomic E-state index is -4.01. The first-order valence-corrected chi connectivity index (χ1v) is 13.1. The number of nitrogens with one attached hydrogen (secondary N) is 1. The largest absolute Gasteiger partial charge is 0.425 e. The average molecular weight is 506 g/mol. The Bertz CT molecular complexity index is 1560. The van der Waals surface area contributed by atoms with E-state index in [0.29, 0.717) is 12.0 Å². The van der Waals surface area contributed by atoms with E-state index in [9.17, 15) is 18.0 Å². The van der Waals surface area contributed by atoms with Crippen LogP contribution in [-0.4, -0.2) is 20.4 Å². The molecule has 1 atom stereocenters. The van der Waals surface area contributed by atoms with Crippen molar-refractivity contribution in [1.29, 1.82) is 0 Å². The summed E-state index contributed by atoms with van der Waals surface area (Å²) in [4.78, 5) is 25.3. The molecule has 3 aromatic carbocycles. The predicted molar refractivity (Wildman–Crippen MR) is 138 cm³/mol. The SMILES string of the molecule is CCc1cc2c(C)cc(=O)oc2cc1OC(=O)[C@@H](Cc1ccccc1)NS(=O)(=O)c1ccc(C)cc1. The summed E-state index contributed by atoms with van der Waals surface area (Å²) in [6.45, 7) is 5.58. The van der Waals surface area contributed by atoms with E-state index in [-0.39, 0.29) is 17.1 Å². The second-order valence-corrected chi connectivity index (χ2v) is 10.4. The van der Waals surface area contributed by atoms with Crippen molar-refractivity contribution >= 4 is 27.0 Å². The molecule has 0 bridgehead atoms. The molecule has 4 rings (SSSR count). The Labute approximate surface area is 209 Å². The number of ether oxygens (including phenoxy) is 1. The minimum absolute atomic E-state index is 0.0520. The fourth-order valence-electron chi connectivity index (χ4n) is 3.94. The lowest BCUT2D eigenvalue weighted by Gasteiger charge is -2.19. The van der Waals surface area contributed by atoms with Crippen LogP contribution in [0, 0.1) is 13.8 Å². The van der Waals surface area contributed by atoms with Crippen molar-refractivity contribution in [2.45, 2.75) is 44.6 Å². The smallest absolute Gasteiger partial charge is 0.336 e. The van der Waals surface area contributed by atoms with Crippen molar-refractivity contribution in [3.8, 4) is 5.75 Å². The molecule has 1 N–H and O–H groups in total. The zero-order valence-electron chi connectivity index (χ0n) is 20.3. The van der Waals surface area contributed by atoms with E-state index in [1.165, 1.54) is 24.3 Å². The fourth-order valence-corrected chi connectivity index (χ4v) is 5.12. The topological polar surface area (TPSA) is 103 Å². The van der Waals surface area contributed by atoms with Gasteiger partial charge in [-0.25, -0.2) is 18.0 Å². The summed E-state index contributed by atoms with van der Waals surface area (Å²) in [5.41, 5.74) is 2.95. The average Bonchev–Trinajstić information content (AvgIpc) is 2.84. The Hall–Kier alpha value is -3.75. The number of aryl methyl sites for hydroxylation is 3. The first kappa shape index (κ1) is 25.3. The molecule has 0 saturated carbocycles. The molecule has 8 heteroatoms. The van der Waals surface area contributed by atoms with Gasteiger partial charge in [0, 0.05) is 17.5 Å². The van der Waals surface area contributed by atoms with Gasteiger partial charge in [-0.3, -0.25) is 0 Å². The molecule has 0 aliphatic heterocycles. The van der Waals surface area contributed by atoms with E-state index >= 15 is 0 Å². The number of hydrogen-bond acceptors (Lipinski definition) is 6. The molecule has 7 nitrogen and oxygen atoms in total.